The highest BCUT2D eigenvalue weighted by atomic mass is 35.5. The van der Waals surface area contributed by atoms with Crippen LogP contribution in [-0.4, -0.2) is 16.5 Å². The van der Waals surface area contributed by atoms with Crippen molar-refractivity contribution in [2.75, 3.05) is 5.75 Å². The number of hydrogen-bond donors (Lipinski definition) is 2. The van der Waals surface area contributed by atoms with Crippen molar-refractivity contribution < 1.29 is 0 Å². The van der Waals surface area contributed by atoms with Gasteiger partial charge in [0.2, 0.25) is 0 Å². The maximum Gasteiger partial charge on any atom is 0.0406 e. The Labute approximate surface area is 113 Å². The van der Waals surface area contributed by atoms with Crippen molar-refractivity contribution >= 4 is 23.4 Å². The molecule has 3 N–H and O–H groups in total. The molecule has 0 aliphatic carbocycles. The summed E-state index contributed by atoms with van der Waals surface area (Å²) >= 11 is 7.78. The van der Waals surface area contributed by atoms with Crippen molar-refractivity contribution in [1.29, 1.82) is 0 Å². The molecule has 0 fully saturated rings. The highest BCUT2D eigenvalue weighted by Crippen LogP contribution is 2.24. The largest absolute Gasteiger partial charge is 0.271 e. The predicted octanol–water partition coefficient (Wildman–Crippen LogP) is 3.25. The van der Waals surface area contributed by atoms with Gasteiger partial charge in [0.05, 0.1) is 0 Å². The van der Waals surface area contributed by atoms with E-state index in [0.717, 1.165) is 17.2 Å². The summed E-state index contributed by atoms with van der Waals surface area (Å²) in [6, 6.07) is 8.23. The lowest BCUT2D eigenvalue weighted by Crippen LogP contribution is -2.39. The molecule has 0 bridgehead atoms. The lowest BCUT2D eigenvalue weighted by molar-refractivity contribution is 0.573. The van der Waals surface area contributed by atoms with E-state index in [1.54, 1.807) is 0 Å². The van der Waals surface area contributed by atoms with E-state index < -0.39 is 0 Å². The van der Waals surface area contributed by atoms with Gasteiger partial charge < -0.3 is 0 Å². The fraction of sp³-hybridized carbons (Fsp3) is 0.538. The first-order valence-corrected chi connectivity index (χ1v) is 7.11. The third kappa shape index (κ3) is 6.32. The van der Waals surface area contributed by atoms with E-state index in [1.807, 2.05) is 23.9 Å². The number of thioether (sulfide) groups is 1. The SMILES string of the molecule is CC(C)(C)SCC(Cc1ccc(Cl)cc1)NN. The van der Waals surface area contributed by atoms with Crippen LogP contribution in [0.1, 0.15) is 26.3 Å². The van der Waals surface area contributed by atoms with E-state index in [1.165, 1.54) is 5.56 Å². The number of rotatable bonds is 5. The Morgan fingerprint density at radius 1 is 1.29 bits per heavy atom. The van der Waals surface area contributed by atoms with Crippen molar-refractivity contribution in [3.63, 3.8) is 0 Å². The molecule has 0 aliphatic heterocycles. The van der Waals surface area contributed by atoms with Crippen LogP contribution in [0.2, 0.25) is 5.02 Å². The van der Waals surface area contributed by atoms with Crippen molar-refractivity contribution in [3.8, 4) is 0 Å². The van der Waals surface area contributed by atoms with Crippen LogP contribution < -0.4 is 11.3 Å². The maximum absolute atomic E-state index is 5.86. The summed E-state index contributed by atoms with van der Waals surface area (Å²) in [6.07, 6.45) is 0.927. The summed E-state index contributed by atoms with van der Waals surface area (Å²) < 4.78 is 0.273. The molecule has 0 aliphatic rings. The minimum absolute atomic E-state index is 0.273. The zero-order valence-electron chi connectivity index (χ0n) is 10.7. The molecule has 96 valence electrons. The van der Waals surface area contributed by atoms with E-state index in [9.17, 15) is 0 Å². The lowest BCUT2D eigenvalue weighted by Gasteiger charge is -2.22. The van der Waals surface area contributed by atoms with Crippen molar-refractivity contribution in [3.05, 3.63) is 34.9 Å². The van der Waals surface area contributed by atoms with Gasteiger partial charge in [-0.3, -0.25) is 11.3 Å². The Kier molecular flexibility index (Phi) is 5.80. The van der Waals surface area contributed by atoms with Gasteiger partial charge in [-0.25, -0.2) is 0 Å². The Morgan fingerprint density at radius 2 is 1.88 bits per heavy atom. The molecule has 0 heterocycles. The van der Waals surface area contributed by atoms with Gasteiger partial charge in [-0.1, -0.05) is 44.5 Å². The van der Waals surface area contributed by atoms with Crippen LogP contribution in [0.5, 0.6) is 0 Å². The molecule has 4 heteroatoms. The van der Waals surface area contributed by atoms with Gasteiger partial charge in [0.25, 0.3) is 0 Å². The van der Waals surface area contributed by atoms with E-state index in [4.69, 9.17) is 17.4 Å². The molecule has 1 atom stereocenters. The van der Waals surface area contributed by atoms with E-state index in [-0.39, 0.29) is 4.75 Å². The molecule has 0 saturated carbocycles. The van der Waals surface area contributed by atoms with Gasteiger partial charge in [-0.2, -0.15) is 11.8 Å². The summed E-state index contributed by atoms with van der Waals surface area (Å²) in [4.78, 5) is 0. The third-order valence-electron chi connectivity index (χ3n) is 2.35. The first-order chi connectivity index (χ1) is 7.90. The van der Waals surface area contributed by atoms with Crippen LogP contribution in [0.15, 0.2) is 24.3 Å². The van der Waals surface area contributed by atoms with Crippen LogP contribution in [0.3, 0.4) is 0 Å². The second kappa shape index (κ2) is 6.64. The van der Waals surface area contributed by atoms with Gasteiger partial charge in [0.1, 0.15) is 0 Å². The van der Waals surface area contributed by atoms with Crippen molar-refractivity contribution in [2.24, 2.45) is 5.84 Å². The summed E-state index contributed by atoms with van der Waals surface area (Å²) in [7, 11) is 0. The van der Waals surface area contributed by atoms with Crippen molar-refractivity contribution in [1.82, 2.24) is 5.43 Å². The molecular formula is C13H21ClN2S. The van der Waals surface area contributed by atoms with Crippen LogP contribution in [0.4, 0.5) is 0 Å². The molecule has 0 radical (unpaired) electrons. The zero-order chi connectivity index (χ0) is 12.9. The number of halogens is 1. The standard InChI is InChI=1S/C13H21ClN2S/c1-13(2,3)17-9-12(16-15)8-10-4-6-11(14)7-5-10/h4-7,12,16H,8-9,15H2,1-3H3. The predicted molar refractivity (Wildman–Crippen MR) is 78.5 cm³/mol. The van der Waals surface area contributed by atoms with Gasteiger partial charge in [0.15, 0.2) is 0 Å². The Morgan fingerprint density at radius 3 is 2.35 bits per heavy atom. The third-order valence-corrected chi connectivity index (χ3v) is 4.04. The van der Waals surface area contributed by atoms with E-state index in [0.29, 0.717) is 6.04 Å². The Hall–Kier alpha value is -0.220. The normalized spacial score (nSPS) is 13.7. The fourth-order valence-corrected chi connectivity index (χ4v) is 2.46. The van der Waals surface area contributed by atoms with Gasteiger partial charge in [0, 0.05) is 21.6 Å². The Balaban J connectivity index is 2.49. The second-order valence-electron chi connectivity index (χ2n) is 5.12. The van der Waals surface area contributed by atoms with Crippen molar-refractivity contribution in [2.45, 2.75) is 38.0 Å². The first-order valence-electron chi connectivity index (χ1n) is 5.75. The average molecular weight is 273 g/mol. The molecule has 1 aromatic carbocycles. The van der Waals surface area contributed by atoms with Crippen LogP contribution >= 0.6 is 23.4 Å². The maximum atomic E-state index is 5.86. The summed E-state index contributed by atoms with van der Waals surface area (Å²) in [5.41, 5.74) is 4.14. The monoisotopic (exact) mass is 272 g/mol. The number of nitrogens with one attached hydrogen (secondary N) is 1. The fourth-order valence-electron chi connectivity index (χ4n) is 1.42. The number of nitrogens with two attached hydrogens (primary N) is 1. The summed E-state index contributed by atoms with van der Waals surface area (Å²) in [5, 5.41) is 0.773. The van der Waals surface area contributed by atoms with Gasteiger partial charge in [-0.05, 0) is 24.1 Å². The molecule has 1 unspecified atom stereocenters. The van der Waals surface area contributed by atoms with E-state index >= 15 is 0 Å². The van der Waals surface area contributed by atoms with Crippen LogP contribution in [-0.2, 0) is 6.42 Å². The van der Waals surface area contributed by atoms with Crippen LogP contribution in [0, 0.1) is 0 Å². The smallest absolute Gasteiger partial charge is 0.0406 e. The van der Waals surface area contributed by atoms with Gasteiger partial charge in [-0.15, -0.1) is 0 Å². The quantitative estimate of drug-likeness (QED) is 0.638. The molecule has 1 aromatic rings. The molecule has 17 heavy (non-hydrogen) atoms. The first kappa shape index (κ1) is 14.8. The zero-order valence-corrected chi connectivity index (χ0v) is 12.2. The van der Waals surface area contributed by atoms with Crippen LogP contribution in [0.25, 0.3) is 0 Å². The number of benzene rings is 1. The average Bonchev–Trinajstić information content (AvgIpc) is 2.25. The molecule has 0 saturated heterocycles. The number of hydrogen-bond acceptors (Lipinski definition) is 3. The Bertz CT molecular complexity index is 332. The lowest BCUT2D eigenvalue weighted by atomic mass is 10.1. The van der Waals surface area contributed by atoms with E-state index in [2.05, 4.69) is 38.3 Å². The molecule has 1 rings (SSSR count). The van der Waals surface area contributed by atoms with Gasteiger partial charge >= 0.3 is 0 Å². The minimum Gasteiger partial charge on any atom is -0.271 e. The molecule has 0 spiro atoms. The molecule has 0 amide bonds. The summed E-state index contributed by atoms with van der Waals surface area (Å²) in [5.74, 6) is 6.59. The highest BCUT2D eigenvalue weighted by molar-refractivity contribution is 8.00. The molecular weight excluding hydrogens is 252 g/mol. The summed E-state index contributed by atoms with van der Waals surface area (Å²) in [6.45, 7) is 6.65. The second-order valence-corrected chi connectivity index (χ2v) is 7.40. The topological polar surface area (TPSA) is 38.0 Å². The highest BCUT2D eigenvalue weighted by Gasteiger charge is 2.15. The minimum atomic E-state index is 0.273. The molecule has 2 nitrogen and oxygen atoms in total. The number of hydrazine groups is 1. The molecule has 0 aromatic heterocycles.